The summed E-state index contributed by atoms with van der Waals surface area (Å²) in [6, 6.07) is 14.0. The maximum Gasteiger partial charge on any atom is 0.410 e. The van der Waals surface area contributed by atoms with Gasteiger partial charge in [0.1, 0.15) is 17.2 Å². The van der Waals surface area contributed by atoms with Crippen LogP contribution in [0.3, 0.4) is 0 Å². The summed E-state index contributed by atoms with van der Waals surface area (Å²) in [4.78, 5) is 23.4. The van der Waals surface area contributed by atoms with E-state index in [1.165, 1.54) is 0 Å². The first kappa shape index (κ1) is 20.6. The number of thiazole rings is 1. The number of amides is 1. The Morgan fingerprint density at radius 3 is 2.60 bits per heavy atom. The summed E-state index contributed by atoms with van der Waals surface area (Å²) in [5, 5.41) is 0.939. The van der Waals surface area contributed by atoms with Crippen LogP contribution in [0.5, 0.6) is 5.88 Å². The molecule has 6 nitrogen and oxygen atoms in total. The fourth-order valence-corrected chi connectivity index (χ4v) is 4.42. The predicted molar refractivity (Wildman–Crippen MR) is 118 cm³/mol. The van der Waals surface area contributed by atoms with Crippen LogP contribution in [0, 0.1) is 0 Å². The Balaban J connectivity index is 1.34. The number of fused-ring (bicyclic) bond motifs is 1. The van der Waals surface area contributed by atoms with E-state index in [4.69, 9.17) is 14.5 Å². The van der Waals surface area contributed by atoms with E-state index < -0.39 is 5.60 Å². The number of hydrogen-bond donors (Lipinski definition) is 0. The molecule has 0 bridgehead atoms. The lowest BCUT2D eigenvalue weighted by molar-refractivity contribution is 0.0204. The minimum atomic E-state index is -0.468. The maximum atomic E-state index is 12.3. The molecule has 3 aromatic rings. The quantitative estimate of drug-likeness (QED) is 0.561. The Bertz CT molecular complexity index is 987. The maximum absolute atomic E-state index is 12.3. The highest BCUT2D eigenvalue weighted by Gasteiger charge is 2.28. The average molecular weight is 426 g/mol. The number of carbonyl (C=O) groups is 1. The third-order valence-corrected chi connectivity index (χ3v) is 6.00. The van der Waals surface area contributed by atoms with Crippen molar-refractivity contribution in [3.8, 4) is 5.88 Å². The smallest absolute Gasteiger partial charge is 0.410 e. The third kappa shape index (κ3) is 5.08. The van der Waals surface area contributed by atoms with Gasteiger partial charge in [-0.05, 0) is 51.8 Å². The molecule has 3 heterocycles. The molecular formula is C23H27N3O3S. The molecule has 30 heavy (non-hydrogen) atoms. The SMILES string of the molecule is CC(C)(C)OC(=O)N1CCC(c2cccc(OCc3nc4ccccc4s3)n2)CC1. The molecule has 2 aromatic heterocycles. The van der Waals surface area contributed by atoms with Crippen LogP contribution in [0.2, 0.25) is 0 Å². The fraction of sp³-hybridized carbons (Fsp3) is 0.435. The van der Waals surface area contributed by atoms with Gasteiger partial charge in [0, 0.05) is 30.8 Å². The number of benzene rings is 1. The van der Waals surface area contributed by atoms with E-state index in [1.54, 1.807) is 16.2 Å². The minimum Gasteiger partial charge on any atom is -0.470 e. The Kier molecular flexibility index (Phi) is 5.90. The molecule has 1 amide bonds. The third-order valence-electron chi connectivity index (χ3n) is 4.99. The zero-order valence-electron chi connectivity index (χ0n) is 17.6. The summed E-state index contributed by atoms with van der Waals surface area (Å²) in [7, 11) is 0. The molecule has 0 N–H and O–H groups in total. The second-order valence-electron chi connectivity index (χ2n) is 8.51. The monoisotopic (exact) mass is 425 g/mol. The number of hydrogen-bond acceptors (Lipinski definition) is 6. The van der Waals surface area contributed by atoms with E-state index >= 15 is 0 Å². The van der Waals surface area contributed by atoms with E-state index in [9.17, 15) is 4.79 Å². The van der Waals surface area contributed by atoms with Crippen LogP contribution < -0.4 is 4.74 Å². The number of nitrogens with zero attached hydrogens (tertiary/aromatic N) is 3. The van der Waals surface area contributed by atoms with Crippen LogP contribution in [0.15, 0.2) is 42.5 Å². The molecule has 1 saturated heterocycles. The number of piperidine rings is 1. The van der Waals surface area contributed by atoms with E-state index in [-0.39, 0.29) is 6.09 Å². The average Bonchev–Trinajstić information content (AvgIpc) is 3.14. The Labute approximate surface area is 180 Å². The minimum absolute atomic E-state index is 0.234. The molecule has 1 aliphatic rings. The van der Waals surface area contributed by atoms with Gasteiger partial charge in [-0.15, -0.1) is 11.3 Å². The topological polar surface area (TPSA) is 64.5 Å². The van der Waals surface area contributed by atoms with Crippen molar-refractivity contribution in [3.05, 3.63) is 53.2 Å². The first-order chi connectivity index (χ1) is 14.4. The van der Waals surface area contributed by atoms with Gasteiger partial charge in [-0.2, -0.15) is 0 Å². The Morgan fingerprint density at radius 1 is 1.10 bits per heavy atom. The standard InChI is InChI=1S/C23H27N3O3S/c1-23(2,3)29-22(27)26-13-11-16(12-14-26)17-8-6-10-20(24-17)28-15-21-25-18-7-4-5-9-19(18)30-21/h4-10,16H,11-15H2,1-3H3. The van der Waals surface area contributed by atoms with Gasteiger partial charge in [0.25, 0.3) is 0 Å². The summed E-state index contributed by atoms with van der Waals surface area (Å²) in [6.45, 7) is 7.44. The summed E-state index contributed by atoms with van der Waals surface area (Å²) in [6.07, 6.45) is 1.50. The Hall–Kier alpha value is -2.67. The summed E-state index contributed by atoms with van der Waals surface area (Å²) >= 11 is 1.64. The molecule has 1 aromatic carbocycles. The van der Waals surface area contributed by atoms with E-state index in [0.29, 0.717) is 31.5 Å². The number of ether oxygens (including phenoxy) is 2. The lowest BCUT2D eigenvalue weighted by atomic mass is 9.93. The molecule has 0 radical (unpaired) electrons. The van der Waals surface area contributed by atoms with Crippen LogP contribution in [0.4, 0.5) is 4.79 Å². The molecular weight excluding hydrogens is 398 g/mol. The lowest BCUT2D eigenvalue weighted by Gasteiger charge is -2.33. The molecule has 1 aliphatic heterocycles. The van der Waals surface area contributed by atoms with Gasteiger partial charge in [0.2, 0.25) is 5.88 Å². The van der Waals surface area contributed by atoms with Gasteiger partial charge in [-0.25, -0.2) is 14.8 Å². The first-order valence-corrected chi connectivity index (χ1v) is 11.1. The zero-order chi connectivity index (χ0) is 21.1. The molecule has 0 unspecified atom stereocenters. The summed E-state index contributed by atoms with van der Waals surface area (Å²) in [5.41, 5.74) is 1.55. The van der Waals surface area contributed by atoms with Crippen LogP contribution in [0.25, 0.3) is 10.2 Å². The second kappa shape index (κ2) is 8.60. The lowest BCUT2D eigenvalue weighted by Crippen LogP contribution is -2.41. The number of rotatable bonds is 4. The Morgan fingerprint density at radius 2 is 1.87 bits per heavy atom. The molecule has 0 saturated carbocycles. The summed E-state index contributed by atoms with van der Waals surface area (Å²) < 4.78 is 12.6. The van der Waals surface area contributed by atoms with Crippen molar-refractivity contribution in [1.82, 2.24) is 14.9 Å². The fourth-order valence-electron chi connectivity index (χ4n) is 3.54. The van der Waals surface area contributed by atoms with Crippen molar-refractivity contribution in [2.24, 2.45) is 0 Å². The molecule has 0 spiro atoms. The highest BCUT2D eigenvalue weighted by Crippen LogP contribution is 2.29. The molecule has 7 heteroatoms. The van der Waals surface area contributed by atoms with Crippen LogP contribution in [0.1, 0.15) is 50.2 Å². The predicted octanol–water partition coefficient (Wildman–Crippen LogP) is 5.38. The van der Waals surface area contributed by atoms with Crippen molar-refractivity contribution in [1.29, 1.82) is 0 Å². The number of para-hydroxylation sites is 1. The van der Waals surface area contributed by atoms with Crippen LogP contribution >= 0.6 is 11.3 Å². The van der Waals surface area contributed by atoms with Gasteiger partial charge >= 0.3 is 6.09 Å². The highest BCUT2D eigenvalue weighted by atomic mass is 32.1. The number of pyridine rings is 1. The second-order valence-corrected chi connectivity index (χ2v) is 9.62. The van der Waals surface area contributed by atoms with Gasteiger partial charge < -0.3 is 14.4 Å². The first-order valence-electron chi connectivity index (χ1n) is 10.3. The van der Waals surface area contributed by atoms with Gasteiger partial charge in [0.15, 0.2) is 0 Å². The van der Waals surface area contributed by atoms with Gasteiger partial charge in [-0.1, -0.05) is 18.2 Å². The molecule has 1 fully saturated rings. The number of likely N-dealkylation sites (tertiary alicyclic amines) is 1. The van der Waals surface area contributed by atoms with Crippen molar-refractivity contribution in [2.45, 2.75) is 51.7 Å². The molecule has 4 rings (SSSR count). The van der Waals surface area contributed by atoms with Gasteiger partial charge in [0.05, 0.1) is 10.2 Å². The van der Waals surface area contributed by atoms with Crippen LogP contribution in [-0.4, -0.2) is 39.7 Å². The number of carbonyl (C=O) groups excluding carboxylic acids is 1. The van der Waals surface area contributed by atoms with E-state index in [1.807, 2.05) is 57.2 Å². The normalized spacial score (nSPS) is 15.4. The van der Waals surface area contributed by atoms with Crippen molar-refractivity contribution >= 4 is 27.6 Å². The largest absolute Gasteiger partial charge is 0.470 e. The summed E-state index contributed by atoms with van der Waals surface area (Å²) in [5.74, 6) is 0.927. The van der Waals surface area contributed by atoms with Crippen LogP contribution in [-0.2, 0) is 11.3 Å². The molecule has 0 aliphatic carbocycles. The number of aromatic nitrogens is 2. The molecule has 0 atom stereocenters. The zero-order valence-corrected chi connectivity index (χ0v) is 18.4. The van der Waals surface area contributed by atoms with E-state index in [2.05, 4.69) is 11.1 Å². The highest BCUT2D eigenvalue weighted by molar-refractivity contribution is 7.18. The molecule has 158 valence electrons. The van der Waals surface area contributed by atoms with Crippen molar-refractivity contribution in [3.63, 3.8) is 0 Å². The van der Waals surface area contributed by atoms with E-state index in [0.717, 1.165) is 33.8 Å². The van der Waals surface area contributed by atoms with Crippen molar-refractivity contribution in [2.75, 3.05) is 13.1 Å². The van der Waals surface area contributed by atoms with Crippen molar-refractivity contribution < 1.29 is 14.3 Å². The van der Waals surface area contributed by atoms with Gasteiger partial charge in [-0.3, -0.25) is 0 Å².